The minimum Gasteiger partial charge on any atom is -0.550 e. The van der Waals surface area contributed by atoms with Crippen molar-refractivity contribution in [2.75, 3.05) is 0 Å². The molecule has 80 valence electrons. The summed E-state index contributed by atoms with van der Waals surface area (Å²) in [5.74, 6) is -5.98. The van der Waals surface area contributed by atoms with Crippen molar-refractivity contribution in [2.45, 2.75) is 18.4 Å². The van der Waals surface area contributed by atoms with E-state index in [0.29, 0.717) is 0 Å². The van der Waals surface area contributed by atoms with Gasteiger partial charge in [-0.05, 0) is 0 Å². The Morgan fingerprint density at radius 1 is 1.00 bits per heavy atom. The Hall–Kier alpha value is -1.12. The second kappa shape index (κ2) is 5.57. The molecule has 0 heterocycles. The van der Waals surface area contributed by atoms with E-state index in [1.54, 1.807) is 0 Å². The van der Waals surface area contributed by atoms with Crippen LogP contribution in [0.4, 0.5) is 0 Å². The van der Waals surface area contributed by atoms with Crippen LogP contribution in [0.5, 0.6) is 0 Å². The van der Waals surface area contributed by atoms with Gasteiger partial charge >= 0.3 is 16.8 Å². The Morgan fingerprint density at radius 2 is 1.29 bits per heavy atom. The summed E-state index contributed by atoms with van der Waals surface area (Å²) in [7, 11) is 0. The molecule has 0 aliphatic rings. The van der Waals surface area contributed by atoms with Gasteiger partial charge in [-0.25, -0.2) is 0 Å². The van der Waals surface area contributed by atoms with Gasteiger partial charge in [0.25, 0.3) is 0 Å². The zero-order chi connectivity index (χ0) is 10.6. The molecule has 0 spiro atoms. The third-order valence-corrected chi connectivity index (χ3v) is 1.25. The molecule has 0 amide bonds. The summed E-state index contributed by atoms with van der Waals surface area (Å²) in [6, 6.07) is 0. The van der Waals surface area contributed by atoms with Gasteiger partial charge in [-0.1, -0.05) is 0 Å². The fourth-order valence-corrected chi connectivity index (χ4v) is 0.684. The first kappa shape index (κ1) is 15.4. The zero-order valence-corrected chi connectivity index (χ0v) is 7.69. The predicted octanol–water partition coefficient (Wildman–Crippen LogP) is -5.26. The van der Waals surface area contributed by atoms with Crippen LogP contribution in [0.2, 0.25) is 0 Å². The molecule has 0 saturated heterocycles. The molecule has 0 bridgehead atoms. The maximum absolute atomic E-state index is 10.1. The van der Waals surface area contributed by atoms with Crippen molar-refractivity contribution in [3.63, 3.8) is 0 Å². The quantitative estimate of drug-likeness (QED) is 0.512. The summed E-state index contributed by atoms with van der Waals surface area (Å²) in [6.07, 6.45) is -2.72. The Kier molecular flexibility index (Phi) is 6.11. The molecule has 0 aromatic carbocycles. The largest absolute Gasteiger partial charge is 3.00 e. The van der Waals surface area contributed by atoms with Gasteiger partial charge in [0.1, 0.15) is 5.60 Å². The summed E-state index contributed by atoms with van der Waals surface area (Å²) >= 11 is 0. The average molecular weight is 248 g/mol. The molecule has 0 aliphatic carbocycles. The van der Waals surface area contributed by atoms with Gasteiger partial charge in [0.15, 0.2) is 0 Å². The number of carboxylic acid groups (broad SMARTS) is 3. The molecule has 0 aliphatic heterocycles. The second-order valence-electron chi connectivity index (χ2n) is 2.42. The molecule has 0 unspecified atom stereocenters. The topological polar surface area (TPSA) is 141 Å². The fraction of sp³-hybridized carbons (Fsp3) is 0.500. The van der Waals surface area contributed by atoms with Gasteiger partial charge in [0.05, 0.1) is 5.97 Å². The van der Waals surface area contributed by atoms with E-state index in [1.165, 1.54) is 0 Å². The number of hydrogen-bond donors (Lipinski definition) is 1. The number of carbonyl (C=O) groups is 3. The van der Waals surface area contributed by atoms with Crippen LogP contribution in [-0.4, -0.2) is 28.6 Å². The SMILES string of the molecule is O=C([O-])CC(O)(CC(=O)[O-])C(=O)[O-].[Co+3]. The van der Waals surface area contributed by atoms with Gasteiger partial charge in [0.2, 0.25) is 0 Å². The Morgan fingerprint density at radius 3 is 1.43 bits per heavy atom. The molecule has 0 aromatic rings. The van der Waals surface area contributed by atoms with E-state index in [9.17, 15) is 29.7 Å². The van der Waals surface area contributed by atoms with Crippen LogP contribution in [0.15, 0.2) is 0 Å². The molecule has 7 nitrogen and oxygen atoms in total. The molecular weight excluding hydrogens is 243 g/mol. The molecule has 14 heavy (non-hydrogen) atoms. The summed E-state index contributed by atoms with van der Waals surface area (Å²) in [5.41, 5.74) is -2.97. The molecule has 0 radical (unpaired) electrons. The van der Waals surface area contributed by atoms with Crippen molar-refractivity contribution < 1.29 is 51.6 Å². The molecule has 0 atom stereocenters. The van der Waals surface area contributed by atoms with Crippen molar-refractivity contribution >= 4 is 17.9 Å². The van der Waals surface area contributed by atoms with Gasteiger partial charge in [-0.3, -0.25) is 0 Å². The van der Waals surface area contributed by atoms with E-state index >= 15 is 0 Å². The van der Waals surface area contributed by atoms with Crippen LogP contribution in [0.25, 0.3) is 0 Å². The maximum atomic E-state index is 10.1. The third-order valence-electron chi connectivity index (χ3n) is 1.25. The summed E-state index contributed by atoms with van der Waals surface area (Å²) in [6.45, 7) is 0. The van der Waals surface area contributed by atoms with E-state index in [0.717, 1.165) is 0 Å². The number of carbonyl (C=O) groups excluding carboxylic acids is 3. The standard InChI is InChI=1S/C6H8O7.Co/c7-3(8)1-6(13,5(11)12)2-4(9)10;/h13H,1-2H2,(H,7,8)(H,9,10)(H,11,12);/q;+3/p-3. The van der Waals surface area contributed by atoms with Crippen LogP contribution in [-0.2, 0) is 31.2 Å². The molecule has 0 aromatic heterocycles. The molecule has 1 N–H and O–H groups in total. The molecule has 0 saturated carbocycles. The number of hydrogen-bond acceptors (Lipinski definition) is 7. The predicted molar refractivity (Wildman–Crippen MR) is 29.2 cm³/mol. The molecule has 0 fully saturated rings. The Balaban J connectivity index is 0. The van der Waals surface area contributed by atoms with Crippen LogP contribution in [0.3, 0.4) is 0 Å². The van der Waals surface area contributed by atoms with E-state index in [1.807, 2.05) is 0 Å². The Labute approximate surface area is 88.5 Å². The van der Waals surface area contributed by atoms with E-state index in [-0.39, 0.29) is 16.8 Å². The summed E-state index contributed by atoms with van der Waals surface area (Å²) < 4.78 is 0. The zero-order valence-electron chi connectivity index (χ0n) is 6.64. The van der Waals surface area contributed by atoms with Crippen molar-refractivity contribution in [2.24, 2.45) is 0 Å². The first-order chi connectivity index (χ1) is 5.78. The van der Waals surface area contributed by atoms with Crippen LogP contribution in [0.1, 0.15) is 12.8 Å². The minimum atomic E-state index is -2.97. The van der Waals surface area contributed by atoms with Crippen molar-refractivity contribution in [1.29, 1.82) is 0 Å². The van der Waals surface area contributed by atoms with E-state index in [2.05, 4.69) is 0 Å². The van der Waals surface area contributed by atoms with Crippen LogP contribution >= 0.6 is 0 Å². The maximum Gasteiger partial charge on any atom is 3.00 e. The first-order valence-corrected chi connectivity index (χ1v) is 3.11. The third kappa shape index (κ3) is 4.79. The number of aliphatic carboxylic acids is 3. The Bertz CT molecular complexity index is 233. The molecule has 8 heteroatoms. The minimum absolute atomic E-state index is 0. The van der Waals surface area contributed by atoms with Gasteiger partial charge in [-0.2, -0.15) is 0 Å². The van der Waals surface area contributed by atoms with E-state index < -0.39 is 36.4 Å². The van der Waals surface area contributed by atoms with Crippen molar-refractivity contribution in [1.82, 2.24) is 0 Å². The molecular formula is C6H5CoO7. The van der Waals surface area contributed by atoms with Crippen molar-refractivity contribution in [3.8, 4) is 0 Å². The van der Waals surface area contributed by atoms with Gasteiger partial charge in [0, 0.05) is 24.8 Å². The van der Waals surface area contributed by atoms with Crippen molar-refractivity contribution in [3.05, 3.63) is 0 Å². The second-order valence-corrected chi connectivity index (χ2v) is 2.42. The smallest absolute Gasteiger partial charge is 0.550 e. The van der Waals surface area contributed by atoms with Gasteiger partial charge < -0.3 is 34.8 Å². The first-order valence-electron chi connectivity index (χ1n) is 3.11. The number of rotatable bonds is 5. The summed E-state index contributed by atoms with van der Waals surface area (Å²) in [5, 5.41) is 38.9. The number of aliphatic hydroxyl groups is 1. The van der Waals surface area contributed by atoms with Crippen LogP contribution < -0.4 is 15.3 Å². The average Bonchev–Trinajstić information content (AvgIpc) is 1.82. The fourth-order valence-electron chi connectivity index (χ4n) is 0.684. The van der Waals surface area contributed by atoms with Crippen LogP contribution in [0, 0.1) is 0 Å². The van der Waals surface area contributed by atoms with E-state index in [4.69, 9.17) is 5.11 Å². The normalized spacial score (nSPS) is 10.1. The summed E-state index contributed by atoms with van der Waals surface area (Å²) in [4.78, 5) is 30.0. The monoisotopic (exact) mass is 248 g/mol. The number of carboxylic acids is 3. The molecule has 0 rings (SSSR count). The van der Waals surface area contributed by atoms with Gasteiger partial charge in [-0.15, -0.1) is 0 Å².